The van der Waals surface area contributed by atoms with E-state index in [1.165, 1.54) is 6.33 Å². The number of nitrogens with zero attached hydrogens (tertiary/aromatic N) is 3. The van der Waals surface area contributed by atoms with Gasteiger partial charge in [0.05, 0.1) is 5.57 Å². The second-order valence-electron chi connectivity index (χ2n) is 6.08. The summed E-state index contributed by atoms with van der Waals surface area (Å²) in [4.78, 5) is 17.4. The lowest BCUT2D eigenvalue weighted by molar-refractivity contribution is -0.113. The molecule has 4 rings (SSSR count). The highest BCUT2D eigenvalue weighted by Crippen LogP contribution is 2.37. The molecule has 2 heterocycles. The Morgan fingerprint density at radius 2 is 1.89 bits per heavy atom. The minimum Gasteiger partial charge on any atom is -0.328 e. The van der Waals surface area contributed by atoms with Crippen LogP contribution >= 0.6 is 23.2 Å². The van der Waals surface area contributed by atoms with Crippen LogP contribution in [-0.2, 0) is 4.79 Å². The molecule has 6 nitrogen and oxygen atoms in total. The summed E-state index contributed by atoms with van der Waals surface area (Å²) in [5.74, 6) is 0.300. The molecule has 8 heteroatoms. The number of fused-ring (bicyclic) bond motifs is 1. The molecule has 1 atom stereocenters. The first kappa shape index (κ1) is 17.6. The largest absolute Gasteiger partial charge is 0.328 e. The Hall–Kier alpha value is -2.83. The Morgan fingerprint density at radius 1 is 1.15 bits per heavy atom. The second kappa shape index (κ2) is 7.06. The van der Waals surface area contributed by atoms with E-state index in [2.05, 4.69) is 20.7 Å². The minimum absolute atomic E-state index is 0.256. The van der Waals surface area contributed by atoms with Crippen molar-refractivity contribution in [1.29, 1.82) is 0 Å². The van der Waals surface area contributed by atoms with Crippen LogP contribution in [0.2, 0.25) is 10.0 Å². The lowest BCUT2D eigenvalue weighted by Gasteiger charge is -2.29. The predicted molar refractivity (Wildman–Crippen MR) is 106 cm³/mol. The summed E-state index contributed by atoms with van der Waals surface area (Å²) < 4.78 is 1.66. The first-order valence-corrected chi connectivity index (χ1v) is 8.99. The Morgan fingerprint density at radius 3 is 2.63 bits per heavy atom. The summed E-state index contributed by atoms with van der Waals surface area (Å²) in [6.45, 7) is 1.83. The van der Waals surface area contributed by atoms with Crippen LogP contribution < -0.4 is 10.6 Å². The maximum atomic E-state index is 13.1. The van der Waals surface area contributed by atoms with E-state index in [9.17, 15) is 4.79 Å². The normalized spacial score (nSPS) is 15.9. The maximum Gasteiger partial charge on any atom is 0.255 e. The van der Waals surface area contributed by atoms with Gasteiger partial charge in [0.1, 0.15) is 12.4 Å². The van der Waals surface area contributed by atoms with E-state index in [4.69, 9.17) is 23.2 Å². The van der Waals surface area contributed by atoms with Gasteiger partial charge >= 0.3 is 0 Å². The molecule has 0 unspecified atom stereocenters. The SMILES string of the molecule is CC1=C(C(=O)Nc2ccc(Cl)cc2)[C@@H](c2ccccc2Cl)n2ncnc2N1. The van der Waals surface area contributed by atoms with Crippen molar-refractivity contribution in [1.82, 2.24) is 14.8 Å². The van der Waals surface area contributed by atoms with Gasteiger partial charge in [0, 0.05) is 27.0 Å². The van der Waals surface area contributed by atoms with Crippen LogP contribution in [-0.4, -0.2) is 20.7 Å². The third-order valence-electron chi connectivity index (χ3n) is 4.34. The number of aromatic nitrogens is 3. The Kier molecular flexibility index (Phi) is 4.59. The van der Waals surface area contributed by atoms with Gasteiger partial charge in [0.15, 0.2) is 0 Å². The van der Waals surface area contributed by atoms with E-state index in [-0.39, 0.29) is 5.91 Å². The summed E-state index contributed by atoms with van der Waals surface area (Å²) in [6.07, 6.45) is 1.44. The van der Waals surface area contributed by atoms with Crippen molar-refractivity contribution in [3.63, 3.8) is 0 Å². The Balaban J connectivity index is 1.77. The van der Waals surface area contributed by atoms with E-state index in [1.54, 1.807) is 35.0 Å². The van der Waals surface area contributed by atoms with Crippen molar-refractivity contribution in [2.75, 3.05) is 10.6 Å². The topological polar surface area (TPSA) is 71.8 Å². The molecule has 136 valence electrons. The highest BCUT2D eigenvalue weighted by Gasteiger charge is 2.34. The van der Waals surface area contributed by atoms with Gasteiger partial charge < -0.3 is 10.6 Å². The van der Waals surface area contributed by atoms with Gasteiger partial charge in [-0.3, -0.25) is 4.79 Å². The summed E-state index contributed by atoms with van der Waals surface area (Å²) >= 11 is 12.4. The number of hydrogen-bond acceptors (Lipinski definition) is 4. The zero-order chi connectivity index (χ0) is 19.0. The van der Waals surface area contributed by atoms with Crippen LogP contribution in [0.3, 0.4) is 0 Å². The van der Waals surface area contributed by atoms with E-state index in [0.29, 0.717) is 33.0 Å². The van der Waals surface area contributed by atoms with Crippen molar-refractivity contribution in [3.05, 3.63) is 81.7 Å². The number of benzene rings is 2. The molecule has 0 fully saturated rings. The standard InChI is InChI=1S/C19H15Cl2N5O/c1-11-16(18(27)25-13-8-6-12(20)7-9-13)17(14-4-2-3-5-15(14)21)26-19(24-11)22-10-23-26/h2-10,17H,1H3,(H,25,27)(H,22,23,24)/t17-/m1/s1. The molecule has 1 aliphatic heterocycles. The monoisotopic (exact) mass is 399 g/mol. The molecule has 1 aliphatic rings. The number of rotatable bonds is 3. The molecule has 0 radical (unpaired) electrons. The van der Waals surface area contributed by atoms with Crippen molar-refractivity contribution >= 4 is 40.7 Å². The average molecular weight is 400 g/mol. The van der Waals surface area contributed by atoms with Crippen molar-refractivity contribution < 1.29 is 4.79 Å². The summed E-state index contributed by atoms with van der Waals surface area (Å²) in [7, 11) is 0. The number of amides is 1. The zero-order valence-corrected chi connectivity index (χ0v) is 15.8. The number of allylic oxidation sites excluding steroid dienone is 1. The molecule has 1 aromatic heterocycles. The molecule has 0 aliphatic carbocycles. The average Bonchev–Trinajstić information content (AvgIpc) is 3.11. The van der Waals surface area contributed by atoms with Crippen LogP contribution in [0.15, 0.2) is 66.1 Å². The van der Waals surface area contributed by atoms with E-state index < -0.39 is 6.04 Å². The molecular formula is C19H15Cl2N5O. The van der Waals surface area contributed by atoms with Gasteiger partial charge in [0.2, 0.25) is 5.95 Å². The van der Waals surface area contributed by atoms with Crippen LogP contribution in [0, 0.1) is 0 Å². The van der Waals surface area contributed by atoms with Gasteiger partial charge in [-0.1, -0.05) is 41.4 Å². The fraction of sp³-hybridized carbons (Fsp3) is 0.105. The van der Waals surface area contributed by atoms with Crippen LogP contribution in [0.5, 0.6) is 0 Å². The molecule has 0 bridgehead atoms. The molecular weight excluding hydrogens is 385 g/mol. The summed E-state index contributed by atoms with van der Waals surface area (Å²) in [5, 5.41) is 11.5. The lowest BCUT2D eigenvalue weighted by atomic mass is 9.95. The van der Waals surface area contributed by atoms with Crippen LogP contribution in [0.1, 0.15) is 18.5 Å². The molecule has 3 aromatic rings. The molecule has 0 saturated carbocycles. The number of halogens is 2. The van der Waals surface area contributed by atoms with Gasteiger partial charge in [0.25, 0.3) is 5.91 Å². The molecule has 2 aromatic carbocycles. The second-order valence-corrected chi connectivity index (χ2v) is 6.92. The Labute approximate surface area is 165 Å². The molecule has 1 amide bonds. The number of nitrogens with one attached hydrogen (secondary N) is 2. The van der Waals surface area contributed by atoms with Crippen LogP contribution in [0.4, 0.5) is 11.6 Å². The van der Waals surface area contributed by atoms with Gasteiger partial charge in [-0.15, -0.1) is 0 Å². The third-order valence-corrected chi connectivity index (χ3v) is 4.94. The highest BCUT2D eigenvalue weighted by molar-refractivity contribution is 6.31. The number of hydrogen-bond donors (Lipinski definition) is 2. The first-order valence-electron chi connectivity index (χ1n) is 8.23. The molecule has 2 N–H and O–H groups in total. The maximum absolute atomic E-state index is 13.1. The summed E-state index contributed by atoms with van der Waals surface area (Å²) in [5.41, 5.74) is 2.61. The molecule has 0 saturated heterocycles. The lowest BCUT2D eigenvalue weighted by Crippen LogP contribution is -2.31. The number of carbonyl (C=O) groups excluding carboxylic acids is 1. The highest BCUT2D eigenvalue weighted by atomic mass is 35.5. The van der Waals surface area contributed by atoms with Crippen molar-refractivity contribution in [2.24, 2.45) is 0 Å². The third kappa shape index (κ3) is 3.29. The fourth-order valence-electron chi connectivity index (χ4n) is 3.10. The van der Waals surface area contributed by atoms with E-state index in [0.717, 1.165) is 5.56 Å². The molecule has 0 spiro atoms. The van der Waals surface area contributed by atoms with Gasteiger partial charge in [-0.2, -0.15) is 10.1 Å². The predicted octanol–water partition coefficient (Wildman–Crippen LogP) is 4.51. The van der Waals surface area contributed by atoms with Crippen LogP contribution in [0.25, 0.3) is 0 Å². The van der Waals surface area contributed by atoms with Crippen molar-refractivity contribution in [2.45, 2.75) is 13.0 Å². The zero-order valence-electron chi connectivity index (χ0n) is 14.3. The fourth-order valence-corrected chi connectivity index (χ4v) is 3.47. The first-order chi connectivity index (χ1) is 13.0. The smallest absolute Gasteiger partial charge is 0.255 e. The quantitative estimate of drug-likeness (QED) is 0.679. The van der Waals surface area contributed by atoms with Gasteiger partial charge in [-0.05, 0) is 37.3 Å². The summed E-state index contributed by atoms with van der Waals surface area (Å²) in [6, 6.07) is 13.8. The van der Waals surface area contributed by atoms with E-state index >= 15 is 0 Å². The van der Waals surface area contributed by atoms with Gasteiger partial charge in [-0.25, -0.2) is 4.68 Å². The minimum atomic E-state index is -0.496. The Bertz CT molecular complexity index is 1040. The number of carbonyl (C=O) groups is 1. The van der Waals surface area contributed by atoms with E-state index in [1.807, 2.05) is 25.1 Å². The molecule has 27 heavy (non-hydrogen) atoms. The van der Waals surface area contributed by atoms with Crippen molar-refractivity contribution in [3.8, 4) is 0 Å². The number of anilines is 2.